The van der Waals surface area contributed by atoms with Gasteiger partial charge in [0.15, 0.2) is 18.9 Å². The van der Waals surface area contributed by atoms with Crippen molar-refractivity contribution in [2.24, 2.45) is 0 Å². The van der Waals surface area contributed by atoms with Gasteiger partial charge in [-0.25, -0.2) is 4.89 Å². The number of benzene rings is 6. The monoisotopic (exact) mass is 1020 g/mol. The highest BCUT2D eigenvalue weighted by molar-refractivity contribution is 7.94. The molecule has 0 saturated carbocycles. The Bertz CT molecular complexity index is 3380. The Kier molecular flexibility index (Phi) is 14.6. The minimum absolute atomic E-state index is 0.153. The average Bonchev–Trinajstić information content (AvgIpc) is 3.93. The number of carbonyl (C=O) groups excluding carboxylic acids is 2. The van der Waals surface area contributed by atoms with Gasteiger partial charge >= 0.3 is 11.9 Å². The van der Waals surface area contributed by atoms with Crippen LogP contribution in [0.25, 0.3) is 21.5 Å². The van der Waals surface area contributed by atoms with Gasteiger partial charge in [0.1, 0.15) is 6.61 Å². The average molecular weight is 1020 g/mol. The van der Waals surface area contributed by atoms with Crippen LogP contribution in [0.15, 0.2) is 178 Å². The zero-order valence-electron chi connectivity index (χ0n) is 41.9. The van der Waals surface area contributed by atoms with E-state index < -0.39 is 20.9 Å². The lowest BCUT2D eigenvalue weighted by Gasteiger charge is -2.29. The van der Waals surface area contributed by atoms with Gasteiger partial charge in [-0.1, -0.05) is 85.6 Å². The molecule has 0 aromatic heterocycles. The minimum Gasteiger partial charge on any atom is -0.464 e. The Hall–Kier alpha value is -6.85. The summed E-state index contributed by atoms with van der Waals surface area (Å²) in [4.78, 5) is 33.9. The summed E-state index contributed by atoms with van der Waals surface area (Å²) in [5, 5.41) is 8.31. The van der Waals surface area contributed by atoms with Crippen molar-refractivity contribution in [2.45, 2.75) is 75.0 Å². The fourth-order valence-electron chi connectivity index (χ4n) is 10.7. The van der Waals surface area contributed by atoms with Crippen molar-refractivity contribution in [3.63, 3.8) is 0 Å². The highest BCUT2D eigenvalue weighted by Crippen LogP contribution is 2.52. The lowest BCUT2D eigenvalue weighted by Crippen LogP contribution is -2.29. The maximum Gasteiger partial charge on any atom is 0.302 e. The number of allylic oxidation sites excluding steroid dienone is 7. The molecule has 15 heteroatoms. The Morgan fingerprint density at radius 1 is 0.753 bits per heavy atom. The van der Waals surface area contributed by atoms with E-state index in [2.05, 4.69) is 125 Å². The summed E-state index contributed by atoms with van der Waals surface area (Å²) in [5.41, 5.74) is 10.3. The third-order valence-electron chi connectivity index (χ3n) is 13.8. The molecule has 0 spiro atoms. The number of nitrogens with zero attached hydrogens (tertiary/aromatic N) is 3. The molecule has 13 nitrogen and oxygen atoms in total. The van der Waals surface area contributed by atoms with Crippen molar-refractivity contribution in [3.05, 3.63) is 179 Å². The van der Waals surface area contributed by atoms with Crippen molar-refractivity contribution < 1.29 is 50.9 Å². The third-order valence-corrected chi connectivity index (χ3v) is 15.2. The van der Waals surface area contributed by atoms with E-state index in [9.17, 15) is 22.6 Å². The Morgan fingerprint density at radius 2 is 1.40 bits per heavy atom. The molecule has 0 fully saturated rings. The van der Waals surface area contributed by atoms with Crippen LogP contribution < -0.4 is 9.80 Å². The molecule has 3 aliphatic rings. The lowest BCUT2D eigenvalue weighted by molar-refractivity contribution is -0.447. The first kappa shape index (κ1) is 51.1. The van der Waals surface area contributed by atoms with Gasteiger partial charge < -0.3 is 19.3 Å². The fourth-order valence-corrected chi connectivity index (χ4v) is 11.7. The van der Waals surface area contributed by atoms with E-state index in [0.29, 0.717) is 18.5 Å². The van der Waals surface area contributed by atoms with E-state index in [1.54, 1.807) is 6.07 Å². The van der Waals surface area contributed by atoms with Crippen molar-refractivity contribution in [2.75, 3.05) is 43.2 Å². The summed E-state index contributed by atoms with van der Waals surface area (Å²) in [6, 6.07) is 39.6. The van der Waals surface area contributed by atoms with Crippen LogP contribution in [-0.2, 0) is 54.3 Å². The van der Waals surface area contributed by atoms with Crippen molar-refractivity contribution in [1.82, 2.24) is 0 Å². The number of ether oxygens (including phenoxy) is 2. The normalized spacial score (nSPS) is 17.1. The minimum atomic E-state index is -4.43. The number of anilines is 3. The van der Waals surface area contributed by atoms with E-state index in [1.165, 1.54) is 33.1 Å². The number of hydrogen-bond donors (Lipinski definition) is 1. The maximum atomic E-state index is 12.2. The maximum absolute atomic E-state index is 12.2. The Labute approximate surface area is 430 Å². The van der Waals surface area contributed by atoms with Gasteiger partial charge in [-0.3, -0.25) is 14.1 Å². The molecule has 0 atom stereocenters. The molecule has 0 unspecified atom stereocenters. The number of fused-ring (bicyclic) bond motifs is 6. The van der Waals surface area contributed by atoms with Crippen molar-refractivity contribution >= 4 is 84.1 Å². The highest BCUT2D eigenvalue weighted by Gasteiger charge is 2.46. The number of hydrogen-bond acceptors (Lipinski definition) is 12. The molecule has 2 heterocycles. The number of esters is 2. The first-order valence-electron chi connectivity index (χ1n) is 24.1. The van der Waals surface area contributed by atoms with E-state index in [1.807, 2.05) is 54.6 Å². The van der Waals surface area contributed by atoms with E-state index in [0.717, 1.165) is 108 Å². The highest BCUT2D eigenvalue weighted by atomic mass is 32.2. The molecular weight excluding hydrogens is 963 g/mol. The van der Waals surface area contributed by atoms with Gasteiger partial charge in [0.05, 0.1) is 41.7 Å². The summed E-state index contributed by atoms with van der Waals surface area (Å²) in [7, 11) is -3.05. The van der Waals surface area contributed by atoms with Crippen LogP contribution >= 0.6 is 12.0 Å². The lowest BCUT2D eigenvalue weighted by atomic mass is 9.79. The predicted molar refractivity (Wildman–Crippen MR) is 286 cm³/mol. The van der Waals surface area contributed by atoms with E-state index in [4.69, 9.17) is 13.8 Å². The molecule has 376 valence electrons. The summed E-state index contributed by atoms with van der Waals surface area (Å²) >= 11 is 1.06. The number of carbonyl (C=O) groups is 2. The first-order valence-corrected chi connectivity index (χ1v) is 26.3. The quantitative estimate of drug-likeness (QED) is 0.0176. The Morgan fingerprint density at radius 3 is 2.07 bits per heavy atom. The summed E-state index contributed by atoms with van der Waals surface area (Å²) in [6.07, 6.45) is 10.4. The van der Waals surface area contributed by atoms with Crippen LogP contribution in [0.5, 0.6) is 0 Å². The standard InChI is InChI=1S/C58H57N3O10S2/c1-38(62)68-34-32-59-50-28-20-42-36-46(72-71-70-67-7)24-26-48(42)54(50)57(3,4)52(59)30-22-40-18-19-41(56(40)61(44-14-10-8-11-15-44)45-16-12-9-13-17-45)23-31-53-58(5,6)55-49-27-25-47(73(64,65)66)37-43(49)21-29-51(55)60(53)33-35-69-39(2)63/h8-17,20-31,36-37H,18-19,32-35H2,1-7H3/p+1. The molecule has 9 rings (SSSR count). The van der Waals surface area contributed by atoms with Crippen LogP contribution in [0.2, 0.25) is 0 Å². The van der Waals surface area contributed by atoms with Gasteiger partial charge in [0.25, 0.3) is 10.1 Å². The van der Waals surface area contributed by atoms with Gasteiger partial charge in [-0.05, 0) is 132 Å². The summed E-state index contributed by atoms with van der Waals surface area (Å²) in [5.74, 6) is -0.709. The molecule has 6 aromatic rings. The van der Waals surface area contributed by atoms with Crippen molar-refractivity contribution in [1.29, 1.82) is 0 Å². The van der Waals surface area contributed by atoms with Crippen LogP contribution in [0, 0.1) is 0 Å². The predicted octanol–water partition coefficient (Wildman–Crippen LogP) is 12.3. The van der Waals surface area contributed by atoms with Gasteiger partial charge in [-0.2, -0.15) is 13.0 Å². The molecule has 1 aliphatic carbocycles. The molecule has 0 amide bonds. The summed E-state index contributed by atoms with van der Waals surface area (Å²) < 4.78 is 52.8. The third kappa shape index (κ3) is 10.3. The molecule has 2 aliphatic heterocycles. The molecule has 6 aromatic carbocycles. The molecular formula is C58H58N3O10S2+. The van der Waals surface area contributed by atoms with Crippen molar-refractivity contribution in [3.8, 4) is 0 Å². The van der Waals surface area contributed by atoms with E-state index >= 15 is 0 Å². The largest absolute Gasteiger partial charge is 0.464 e. The van der Waals surface area contributed by atoms with E-state index in [-0.39, 0.29) is 30.0 Å². The van der Waals surface area contributed by atoms with Crippen LogP contribution in [0.3, 0.4) is 0 Å². The molecule has 0 bridgehead atoms. The molecule has 73 heavy (non-hydrogen) atoms. The second-order valence-electron chi connectivity index (χ2n) is 19.1. The van der Waals surface area contributed by atoms with Gasteiger partial charge in [0, 0.05) is 64.6 Å². The first-order chi connectivity index (χ1) is 35.0. The number of para-hydroxylation sites is 2. The number of rotatable bonds is 17. The Balaban J connectivity index is 1.20. The molecule has 0 saturated heterocycles. The SMILES string of the molecule is COOOSc1ccc2c3c(ccc2c1)[N+](CCOC(C)=O)=C(/C=C/C1=C(N(c2ccccc2)c2ccccc2)C(=C/C=C2/N(CCOC(C)=O)c4ccc5cc(S(=O)(=O)O)ccc5c4C2(C)C)/CC1)C3(C)C. The zero-order valence-corrected chi connectivity index (χ0v) is 43.5. The smallest absolute Gasteiger partial charge is 0.302 e. The molecule has 1 N–H and O–H groups in total. The second-order valence-corrected chi connectivity index (χ2v) is 21.3. The second kappa shape index (κ2) is 20.9. The van der Waals surface area contributed by atoms with Gasteiger partial charge in [0.2, 0.25) is 5.69 Å². The fraction of sp³-hybridized carbons (Fsp3) is 0.259. The van der Waals surface area contributed by atoms with Crippen LogP contribution in [0.4, 0.5) is 22.7 Å². The van der Waals surface area contributed by atoms with Gasteiger partial charge in [-0.15, -0.1) is 4.33 Å². The summed E-state index contributed by atoms with van der Waals surface area (Å²) in [6.45, 7) is 12.8. The van der Waals surface area contributed by atoms with Crippen LogP contribution in [0.1, 0.15) is 65.5 Å². The topological polar surface area (TPSA) is 144 Å². The zero-order chi connectivity index (χ0) is 51.7. The molecule has 0 radical (unpaired) electrons. The van der Waals surface area contributed by atoms with Crippen LogP contribution in [-0.4, -0.2) is 68.6 Å².